The van der Waals surface area contributed by atoms with Crippen molar-refractivity contribution < 1.29 is 23.9 Å². The molecule has 4 atom stereocenters. The molecule has 2 aromatic carbocycles. The van der Waals surface area contributed by atoms with Gasteiger partial charge in [-0.2, -0.15) is 5.01 Å². The molecule has 1 heterocycles. The fourth-order valence-corrected chi connectivity index (χ4v) is 5.41. The number of ketones is 1. The lowest BCUT2D eigenvalue weighted by Crippen LogP contribution is -2.56. The Kier molecular flexibility index (Phi) is 7.20. The number of hydrazine groups is 1. The highest BCUT2D eigenvalue weighted by Crippen LogP contribution is 2.42. The van der Waals surface area contributed by atoms with Gasteiger partial charge in [-0.05, 0) is 74.6 Å². The number of Topliss-reactive ketones (excluding diaryl/α,β-unsaturated/α-hetero) is 1. The first-order valence-corrected chi connectivity index (χ1v) is 12.2. The zero-order chi connectivity index (χ0) is 25.4. The standard InChI is InChI=1S/C26H26Cl2N2O5/c1-14-4-10-19-21(12-14)26(34)30(24(19)32)29(25(33)20-11-7-17(27)13-22(20)28)15(2)23(31)16-5-8-18(35-3)9-6-16/h5-9,11,13-15,19,21H,4,10,12H2,1-3H3/t14-,15-,19+,21-/m0/s1. The van der Waals surface area contributed by atoms with Crippen LogP contribution in [0, 0.1) is 17.8 Å². The van der Waals surface area contributed by atoms with Gasteiger partial charge in [0.2, 0.25) is 0 Å². The Labute approximate surface area is 213 Å². The highest BCUT2D eigenvalue weighted by Gasteiger charge is 2.54. The van der Waals surface area contributed by atoms with Crippen LogP contribution in [-0.4, -0.2) is 46.7 Å². The molecule has 0 spiro atoms. The average molecular weight is 517 g/mol. The minimum absolute atomic E-state index is 0.0364. The molecule has 9 heteroatoms. The fraction of sp³-hybridized carbons (Fsp3) is 0.385. The van der Waals surface area contributed by atoms with Crippen LogP contribution in [0.3, 0.4) is 0 Å². The summed E-state index contributed by atoms with van der Waals surface area (Å²) in [6.45, 7) is 3.54. The number of carbonyl (C=O) groups excluding carboxylic acids is 4. The van der Waals surface area contributed by atoms with Gasteiger partial charge in [0.05, 0.1) is 29.5 Å². The Hall–Kier alpha value is -2.90. The van der Waals surface area contributed by atoms with E-state index in [9.17, 15) is 19.2 Å². The first-order valence-electron chi connectivity index (χ1n) is 11.5. The summed E-state index contributed by atoms with van der Waals surface area (Å²) in [5, 5.41) is 2.23. The van der Waals surface area contributed by atoms with E-state index in [0.717, 1.165) is 16.4 Å². The third kappa shape index (κ3) is 4.67. The normalized spacial score (nSPS) is 22.5. The number of halogens is 2. The van der Waals surface area contributed by atoms with Gasteiger partial charge in [0.1, 0.15) is 11.8 Å². The molecule has 1 saturated carbocycles. The lowest BCUT2D eigenvalue weighted by atomic mass is 9.76. The molecule has 2 fully saturated rings. The summed E-state index contributed by atoms with van der Waals surface area (Å²) < 4.78 is 5.15. The van der Waals surface area contributed by atoms with Gasteiger partial charge in [-0.3, -0.25) is 19.2 Å². The molecule has 4 rings (SSSR count). The second-order valence-electron chi connectivity index (χ2n) is 9.16. The monoisotopic (exact) mass is 516 g/mol. The van der Waals surface area contributed by atoms with Crippen molar-refractivity contribution in [3.05, 3.63) is 63.6 Å². The van der Waals surface area contributed by atoms with Crippen molar-refractivity contribution in [1.82, 2.24) is 10.0 Å². The van der Waals surface area contributed by atoms with Gasteiger partial charge in [-0.1, -0.05) is 30.1 Å². The largest absolute Gasteiger partial charge is 0.497 e. The zero-order valence-corrected chi connectivity index (χ0v) is 21.2. The number of carbonyl (C=O) groups is 4. The van der Waals surface area contributed by atoms with E-state index in [2.05, 4.69) is 0 Å². The maximum Gasteiger partial charge on any atom is 0.275 e. The molecule has 0 radical (unpaired) electrons. The van der Waals surface area contributed by atoms with Crippen LogP contribution in [0.15, 0.2) is 42.5 Å². The SMILES string of the molecule is COc1ccc(C(=O)[C@H](C)N(C(=O)c2ccc(Cl)cc2Cl)N2C(=O)[C@H]3C[C@@H](C)CC[C@H]3C2=O)cc1. The molecule has 184 valence electrons. The van der Waals surface area contributed by atoms with Crippen LogP contribution in [0.4, 0.5) is 0 Å². The molecular formula is C26H26Cl2N2O5. The highest BCUT2D eigenvalue weighted by molar-refractivity contribution is 6.36. The molecule has 0 N–H and O–H groups in total. The summed E-state index contributed by atoms with van der Waals surface area (Å²) in [7, 11) is 1.51. The van der Waals surface area contributed by atoms with E-state index < -0.39 is 41.4 Å². The number of amides is 3. The maximum absolute atomic E-state index is 13.8. The van der Waals surface area contributed by atoms with Crippen LogP contribution in [0.5, 0.6) is 5.75 Å². The molecule has 1 saturated heterocycles. The molecule has 2 aliphatic rings. The van der Waals surface area contributed by atoms with Gasteiger partial charge in [-0.25, -0.2) is 5.01 Å². The van der Waals surface area contributed by atoms with Crippen LogP contribution in [0.1, 0.15) is 53.8 Å². The molecule has 1 aliphatic carbocycles. The highest BCUT2D eigenvalue weighted by atomic mass is 35.5. The van der Waals surface area contributed by atoms with Gasteiger partial charge in [0, 0.05) is 10.6 Å². The third-order valence-corrected chi connectivity index (χ3v) is 7.42. The quantitative estimate of drug-likeness (QED) is 0.396. The number of rotatable bonds is 6. The van der Waals surface area contributed by atoms with Crippen LogP contribution in [0.2, 0.25) is 10.0 Å². The van der Waals surface area contributed by atoms with Crippen LogP contribution in [0.25, 0.3) is 0 Å². The first-order chi connectivity index (χ1) is 16.6. The maximum atomic E-state index is 13.8. The summed E-state index contributed by atoms with van der Waals surface area (Å²) in [5.41, 5.74) is 0.345. The zero-order valence-electron chi connectivity index (χ0n) is 19.7. The molecule has 0 aromatic heterocycles. The Bertz CT molecular complexity index is 1180. The fourth-order valence-electron chi connectivity index (χ4n) is 4.92. The van der Waals surface area contributed by atoms with Crippen LogP contribution >= 0.6 is 23.2 Å². The van der Waals surface area contributed by atoms with Crippen molar-refractivity contribution in [3.63, 3.8) is 0 Å². The molecule has 1 aliphatic heterocycles. The predicted octanol–water partition coefficient (Wildman–Crippen LogP) is 5.05. The van der Waals surface area contributed by atoms with E-state index in [-0.39, 0.29) is 10.6 Å². The first kappa shape index (κ1) is 25.2. The van der Waals surface area contributed by atoms with E-state index in [1.807, 2.05) is 6.92 Å². The van der Waals surface area contributed by atoms with Gasteiger partial charge < -0.3 is 4.74 Å². The molecule has 2 aromatic rings. The average Bonchev–Trinajstić information content (AvgIpc) is 3.08. The number of ether oxygens (including phenoxy) is 1. The van der Waals surface area contributed by atoms with E-state index in [4.69, 9.17) is 27.9 Å². The molecule has 35 heavy (non-hydrogen) atoms. The topological polar surface area (TPSA) is 84.0 Å². The van der Waals surface area contributed by atoms with Crippen molar-refractivity contribution in [1.29, 1.82) is 0 Å². The third-order valence-electron chi connectivity index (χ3n) is 6.87. The van der Waals surface area contributed by atoms with Crippen LogP contribution < -0.4 is 4.74 Å². The number of benzene rings is 2. The predicted molar refractivity (Wildman–Crippen MR) is 131 cm³/mol. The van der Waals surface area contributed by atoms with Crippen molar-refractivity contribution in [2.75, 3.05) is 7.11 Å². The van der Waals surface area contributed by atoms with E-state index in [1.165, 1.54) is 32.2 Å². The number of nitrogens with zero attached hydrogens (tertiary/aromatic N) is 2. The minimum Gasteiger partial charge on any atom is -0.497 e. The van der Waals surface area contributed by atoms with Gasteiger partial charge in [-0.15, -0.1) is 0 Å². The van der Waals surface area contributed by atoms with Gasteiger partial charge in [0.25, 0.3) is 17.7 Å². The second-order valence-corrected chi connectivity index (χ2v) is 10.0. The molecule has 0 bridgehead atoms. The van der Waals surface area contributed by atoms with Crippen LogP contribution in [-0.2, 0) is 9.59 Å². The van der Waals surface area contributed by atoms with Crippen molar-refractivity contribution in [3.8, 4) is 5.75 Å². The summed E-state index contributed by atoms with van der Waals surface area (Å²) in [6, 6.07) is 9.56. The lowest BCUT2D eigenvalue weighted by Gasteiger charge is -2.35. The molecule has 7 nitrogen and oxygen atoms in total. The second kappa shape index (κ2) is 9.99. The van der Waals surface area contributed by atoms with E-state index in [0.29, 0.717) is 35.1 Å². The Morgan fingerprint density at radius 2 is 1.69 bits per heavy atom. The molecule has 3 amide bonds. The summed E-state index contributed by atoms with van der Waals surface area (Å²) >= 11 is 12.3. The summed E-state index contributed by atoms with van der Waals surface area (Å²) in [4.78, 5) is 54.2. The number of fused-ring (bicyclic) bond motifs is 1. The Balaban J connectivity index is 1.76. The summed E-state index contributed by atoms with van der Waals surface area (Å²) in [6.07, 6.45) is 1.96. The minimum atomic E-state index is -1.16. The number of hydrogen-bond acceptors (Lipinski definition) is 5. The van der Waals surface area contributed by atoms with E-state index in [1.54, 1.807) is 24.3 Å². The van der Waals surface area contributed by atoms with Crippen molar-refractivity contribution >= 4 is 46.7 Å². The lowest BCUT2D eigenvalue weighted by molar-refractivity contribution is -0.156. The Morgan fingerprint density at radius 3 is 2.31 bits per heavy atom. The summed E-state index contributed by atoms with van der Waals surface area (Å²) in [5.74, 6) is -2.23. The Morgan fingerprint density at radius 1 is 1.03 bits per heavy atom. The van der Waals surface area contributed by atoms with Gasteiger partial charge >= 0.3 is 0 Å². The van der Waals surface area contributed by atoms with Crippen molar-refractivity contribution in [2.24, 2.45) is 17.8 Å². The molecule has 0 unspecified atom stereocenters. The number of imide groups is 1. The smallest absolute Gasteiger partial charge is 0.275 e. The van der Waals surface area contributed by atoms with E-state index >= 15 is 0 Å². The number of hydrogen-bond donors (Lipinski definition) is 0. The molecular weight excluding hydrogens is 491 g/mol. The number of methoxy groups -OCH3 is 1. The van der Waals surface area contributed by atoms with Crippen molar-refractivity contribution in [2.45, 2.75) is 39.2 Å². The van der Waals surface area contributed by atoms with Gasteiger partial charge in [0.15, 0.2) is 5.78 Å².